The molecular weight excluding hydrogens is 246 g/mol. The van der Waals surface area contributed by atoms with Gasteiger partial charge in [0, 0.05) is 19.6 Å². The third-order valence-corrected chi connectivity index (χ3v) is 4.01. The van der Waals surface area contributed by atoms with E-state index in [-0.39, 0.29) is 36.0 Å². The molecule has 0 spiro atoms. The first-order valence-corrected chi connectivity index (χ1v) is 6.54. The molecule has 3 aliphatic heterocycles. The molecule has 1 amide bonds. The Morgan fingerprint density at radius 2 is 2.37 bits per heavy atom. The van der Waals surface area contributed by atoms with Gasteiger partial charge in [-0.1, -0.05) is 6.92 Å². The van der Waals surface area contributed by atoms with Crippen LogP contribution in [0.1, 0.15) is 6.92 Å². The second kappa shape index (κ2) is 4.50. The number of hydrogen-bond acceptors (Lipinski definition) is 6. The number of aliphatic hydroxyl groups is 1. The van der Waals surface area contributed by atoms with Crippen LogP contribution in [0.15, 0.2) is 16.8 Å². The van der Waals surface area contributed by atoms with E-state index in [0.29, 0.717) is 13.1 Å². The van der Waals surface area contributed by atoms with Gasteiger partial charge < -0.3 is 16.2 Å². The minimum absolute atomic E-state index is 0.140. The van der Waals surface area contributed by atoms with E-state index < -0.39 is 0 Å². The first kappa shape index (κ1) is 12.4. The fourth-order valence-electron chi connectivity index (χ4n) is 2.92. The fraction of sp³-hybridized carbons (Fsp3) is 0.667. The number of amides is 1. The fourth-order valence-corrected chi connectivity index (χ4v) is 2.92. The number of guanidine groups is 1. The number of carbonyl (C=O) groups excluding carboxylic acids is 1. The molecule has 104 valence electrons. The molecule has 0 radical (unpaired) electrons. The van der Waals surface area contributed by atoms with E-state index >= 15 is 0 Å². The Morgan fingerprint density at radius 1 is 1.58 bits per heavy atom. The zero-order valence-corrected chi connectivity index (χ0v) is 10.8. The van der Waals surface area contributed by atoms with Gasteiger partial charge in [-0.25, -0.2) is 4.99 Å². The maximum atomic E-state index is 11.8. The van der Waals surface area contributed by atoms with Crippen molar-refractivity contribution in [3.63, 3.8) is 0 Å². The summed E-state index contributed by atoms with van der Waals surface area (Å²) in [6.45, 7) is 4.28. The molecule has 5 N–H and O–H groups in total. The molecule has 7 heteroatoms. The summed E-state index contributed by atoms with van der Waals surface area (Å²) < 4.78 is 0. The molecule has 0 aliphatic carbocycles. The van der Waals surface area contributed by atoms with Gasteiger partial charge in [0.15, 0.2) is 5.96 Å². The molecule has 4 unspecified atom stereocenters. The third kappa shape index (κ3) is 2.19. The number of fused-ring (bicyclic) bond motifs is 1. The number of aliphatic hydroxyl groups excluding tert-OH is 1. The molecule has 1 saturated heterocycles. The van der Waals surface area contributed by atoms with Gasteiger partial charge in [0.2, 0.25) is 0 Å². The number of rotatable bonds is 2. The van der Waals surface area contributed by atoms with Gasteiger partial charge in [0.1, 0.15) is 12.1 Å². The summed E-state index contributed by atoms with van der Waals surface area (Å²) in [6.07, 6.45) is 1.58. The van der Waals surface area contributed by atoms with E-state index in [0.717, 1.165) is 12.1 Å². The molecule has 19 heavy (non-hydrogen) atoms. The van der Waals surface area contributed by atoms with Crippen molar-refractivity contribution in [2.45, 2.75) is 25.1 Å². The molecule has 1 fully saturated rings. The second-order valence-corrected chi connectivity index (χ2v) is 5.55. The van der Waals surface area contributed by atoms with Crippen molar-refractivity contribution in [2.24, 2.45) is 16.6 Å². The summed E-state index contributed by atoms with van der Waals surface area (Å²) in [7, 11) is 0. The lowest BCUT2D eigenvalue weighted by Crippen LogP contribution is -2.55. The van der Waals surface area contributed by atoms with E-state index in [1.807, 2.05) is 13.1 Å². The summed E-state index contributed by atoms with van der Waals surface area (Å²) >= 11 is 0. The number of carbonyl (C=O) groups is 1. The second-order valence-electron chi connectivity index (χ2n) is 5.55. The lowest BCUT2D eigenvalue weighted by molar-refractivity contribution is -0.121. The van der Waals surface area contributed by atoms with Crippen LogP contribution < -0.4 is 16.4 Å². The van der Waals surface area contributed by atoms with Crippen molar-refractivity contribution < 1.29 is 9.90 Å². The van der Waals surface area contributed by atoms with Crippen LogP contribution >= 0.6 is 0 Å². The van der Waals surface area contributed by atoms with Crippen LogP contribution in [0.4, 0.5) is 0 Å². The Morgan fingerprint density at radius 3 is 3.05 bits per heavy atom. The van der Waals surface area contributed by atoms with Gasteiger partial charge in [0.25, 0.3) is 5.91 Å². The van der Waals surface area contributed by atoms with Gasteiger partial charge in [-0.2, -0.15) is 0 Å². The highest BCUT2D eigenvalue weighted by Gasteiger charge is 2.39. The highest BCUT2D eigenvalue weighted by Crippen LogP contribution is 2.24. The highest BCUT2D eigenvalue weighted by molar-refractivity contribution is 6.02. The first-order chi connectivity index (χ1) is 9.04. The zero-order valence-electron chi connectivity index (χ0n) is 10.8. The summed E-state index contributed by atoms with van der Waals surface area (Å²) in [5.41, 5.74) is 6.65. The first-order valence-electron chi connectivity index (χ1n) is 6.54. The topological polar surface area (TPSA) is 103 Å². The smallest absolute Gasteiger partial charge is 0.251 e. The van der Waals surface area contributed by atoms with Crippen LogP contribution in [-0.2, 0) is 4.79 Å². The number of hydrogen-bond donors (Lipinski definition) is 4. The maximum Gasteiger partial charge on any atom is 0.251 e. The van der Waals surface area contributed by atoms with Crippen molar-refractivity contribution in [1.29, 1.82) is 0 Å². The SMILES string of the molecule is CC1CN(CC2=CNC3C(=O)NC(N)=NC23)CC1O. The predicted octanol–water partition coefficient (Wildman–Crippen LogP) is -2.03. The molecule has 0 aromatic heterocycles. The van der Waals surface area contributed by atoms with Crippen LogP contribution in [0.3, 0.4) is 0 Å². The van der Waals surface area contributed by atoms with Gasteiger partial charge in [-0.3, -0.25) is 15.0 Å². The molecule has 0 saturated carbocycles. The van der Waals surface area contributed by atoms with E-state index in [2.05, 4.69) is 20.5 Å². The molecular formula is C12H19N5O2. The molecule has 3 rings (SSSR count). The van der Waals surface area contributed by atoms with Crippen molar-refractivity contribution in [2.75, 3.05) is 19.6 Å². The third-order valence-electron chi connectivity index (χ3n) is 4.01. The normalized spacial score (nSPS) is 38.3. The average Bonchev–Trinajstić information content (AvgIpc) is 2.85. The van der Waals surface area contributed by atoms with Crippen LogP contribution in [0.5, 0.6) is 0 Å². The predicted molar refractivity (Wildman–Crippen MR) is 70.2 cm³/mol. The van der Waals surface area contributed by atoms with Crippen molar-refractivity contribution >= 4 is 11.9 Å². The number of likely N-dealkylation sites (tertiary alicyclic amines) is 1. The van der Waals surface area contributed by atoms with E-state index in [1.54, 1.807) is 0 Å². The number of nitrogens with zero attached hydrogens (tertiary/aromatic N) is 2. The summed E-state index contributed by atoms with van der Waals surface area (Å²) in [4.78, 5) is 18.2. The molecule has 0 aromatic rings. The van der Waals surface area contributed by atoms with Crippen LogP contribution in [-0.4, -0.2) is 59.7 Å². The lowest BCUT2D eigenvalue weighted by Gasteiger charge is -2.25. The van der Waals surface area contributed by atoms with E-state index in [9.17, 15) is 9.90 Å². The Hall–Kier alpha value is -1.60. The minimum Gasteiger partial charge on any atom is -0.391 e. The monoisotopic (exact) mass is 265 g/mol. The Bertz CT molecular complexity index is 451. The summed E-state index contributed by atoms with van der Waals surface area (Å²) in [5, 5.41) is 15.3. The summed E-state index contributed by atoms with van der Waals surface area (Å²) in [6, 6.07) is -0.575. The van der Waals surface area contributed by atoms with Gasteiger partial charge in [0.05, 0.1) is 6.10 Å². The number of aliphatic imine (C=N–C) groups is 1. The lowest BCUT2D eigenvalue weighted by atomic mass is 10.0. The van der Waals surface area contributed by atoms with Gasteiger partial charge >= 0.3 is 0 Å². The Balaban J connectivity index is 1.69. The molecule has 4 atom stereocenters. The van der Waals surface area contributed by atoms with Gasteiger partial charge in [-0.15, -0.1) is 0 Å². The quantitative estimate of drug-likeness (QED) is 0.461. The Kier molecular flexibility index (Phi) is 2.94. The van der Waals surface area contributed by atoms with E-state index in [1.165, 1.54) is 0 Å². The molecule has 3 heterocycles. The van der Waals surface area contributed by atoms with Gasteiger partial charge in [-0.05, 0) is 17.7 Å². The van der Waals surface area contributed by atoms with Crippen molar-refractivity contribution in [3.05, 3.63) is 11.8 Å². The number of β-amino-alcohol motifs (C(OH)–C–C–N with tert-alkyl or cyclic N) is 1. The van der Waals surface area contributed by atoms with Crippen LogP contribution in [0.25, 0.3) is 0 Å². The molecule has 7 nitrogen and oxygen atoms in total. The van der Waals surface area contributed by atoms with Crippen LogP contribution in [0, 0.1) is 5.92 Å². The molecule has 0 bridgehead atoms. The van der Waals surface area contributed by atoms with Crippen molar-refractivity contribution in [3.8, 4) is 0 Å². The van der Waals surface area contributed by atoms with Crippen LogP contribution in [0.2, 0.25) is 0 Å². The standard InChI is InChI=1S/C12H19N5O2/c1-6-3-17(5-8(6)18)4-7-2-14-10-9(7)15-12(13)16-11(10)19/h2,6,8-10,14,18H,3-5H2,1H3,(H3,13,15,16,19). The zero-order chi connectivity index (χ0) is 13.6. The average molecular weight is 265 g/mol. The largest absolute Gasteiger partial charge is 0.391 e. The summed E-state index contributed by atoms with van der Waals surface area (Å²) in [5.74, 6) is 0.322. The Labute approximate surface area is 111 Å². The number of nitrogens with one attached hydrogen (secondary N) is 2. The van der Waals surface area contributed by atoms with E-state index in [4.69, 9.17) is 5.73 Å². The highest BCUT2D eigenvalue weighted by atomic mass is 16.3. The van der Waals surface area contributed by atoms with Crippen molar-refractivity contribution in [1.82, 2.24) is 15.5 Å². The molecule has 3 aliphatic rings. The maximum absolute atomic E-state index is 11.8. The molecule has 0 aromatic carbocycles. The number of nitrogens with two attached hydrogens (primary N) is 1. The minimum atomic E-state index is -0.354.